The minimum Gasteiger partial charge on any atom is -0.494 e. The topological polar surface area (TPSA) is 63.5 Å². The molecule has 1 aromatic carbocycles. The monoisotopic (exact) mass is 330 g/mol. The fraction of sp³-hybridized carbons (Fsp3) is 0.421. The van der Waals surface area contributed by atoms with E-state index in [2.05, 4.69) is 17.6 Å². The SMILES string of the molecule is CCCCCCOc1ccc(NC(=O)CNCc2ccco2)cc1. The maximum atomic E-state index is 11.9. The van der Waals surface area contributed by atoms with Crippen LogP contribution in [0.15, 0.2) is 47.1 Å². The molecule has 0 spiro atoms. The number of hydrogen-bond donors (Lipinski definition) is 2. The van der Waals surface area contributed by atoms with Gasteiger partial charge in [0.25, 0.3) is 0 Å². The lowest BCUT2D eigenvalue weighted by Crippen LogP contribution is -2.27. The molecule has 130 valence electrons. The zero-order chi connectivity index (χ0) is 17.0. The van der Waals surface area contributed by atoms with Crippen molar-refractivity contribution in [2.45, 2.75) is 39.2 Å². The Kier molecular flexibility index (Phi) is 7.90. The van der Waals surface area contributed by atoms with Crippen LogP contribution in [-0.4, -0.2) is 19.1 Å². The predicted molar refractivity (Wildman–Crippen MR) is 95.1 cm³/mol. The molecule has 1 aromatic heterocycles. The minimum absolute atomic E-state index is 0.0882. The second-order valence-corrected chi connectivity index (χ2v) is 5.66. The highest BCUT2D eigenvalue weighted by Crippen LogP contribution is 2.16. The summed E-state index contributed by atoms with van der Waals surface area (Å²) in [7, 11) is 0. The maximum Gasteiger partial charge on any atom is 0.238 e. The van der Waals surface area contributed by atoms with Crippen molar-refractivity contribution in [1.82, 2.24) is 5.32 Å². The molecule has 0 aliphatic heterocycles. The highest BCUT2D eigenvalue weighted by atomic mass is 16.5. The smallest absolute Gasteiger partial charge is 0.238 e. The molecule has 0 radical (unpaired) electrons. The zero-order valence-corrected chi connectivity index (χ0v) is 14.2. The number of furan rings is 1. The van der Waals surface area contributed by atoms with E-state index in [1.54, 1.807) is 6.26 Å². The number of amides is 1. The van der Waals surface area contributed by atoms with Gasteiger partial charge in [0.2, 0.25) is 5.91 Å². The summed E-state index contributed by atoms with van der Waals surface area (Å²) in [6, 6.07) is 11.2. The zero-order valence-electron chi connectivity index (χ0n) is 14.2. The molecule has 2 aromatic rings. The molecular formula is C19H26N2O3. The summed E-state index contributed by atoms with van der Waals surface area (Å²) in [5.74, 6) is 1.55. The van der Waals surface area contributed by atoms with Crippen molar-refractivity contribution in [3.8, 4) is 5.75 Å². The van der Waals surface area contributed by atoms with E-state index in [0.717, 1.165) is 30.2 Å². The summed E-state index contributed by atoms with van der Waals surface area (Å²) in [5, 5.41) is 5.88. The molecule has 0 atom stereocenters. The Morgan fingerprint density at radius 2 is 1.96 bits per heavy atom. The number of carbonyl (C=O) groups is 1. The van der Waals surface area contributed by atoms with Crippen LogP contribution in [0.1, 0.15) is 38.4 Å². The Labute approximate surface area is 143 Å². The van der Waals surface area contributed by atoms with Crippen LogP contribution in [0.3, 0.4) is 0 Å². The number of nitrogens with one attached hydrogen (secondary N) is 2. The second-order valence-electron chi connectivity index (χ2n) is 5.66. The normalized spacial score (nSPS) is 10.5. The molecular weight excluding hydrogens is 304 g/mol. The van der Waals surface area contributed by atoms with Gasteiger partial charge in [-0.25, -0.2) is 0 Å². The molecule has 1 amide bonds. The predicted octanol–water partition coefficient (Wildman–Crippen LogP) is 3.97. The molecule has 2 rings (SSSR count). The summed E-state index contributed by atoms with van der Waals surface area (Å²) >= 11 is 0. The van der Waals surface area contributed by atoms with Gasteiger partial charge in [0.1, 0.15) is 11.5 Å². The van der Waals surface area contributed by atoms with E-state index >= 15 is 0 Å². The molecule has 5 heteroatoms. The molecule has 0 fully saturated rings. The van der Waals surface area contributed by atoms with Crippen molar-refractivity contribution in [3.63, 3.8) is 0 Å². The van der Waals surface area contributed by atoms with Crippen LogP contribution < -0.4 is 15.4 Å². The average molecular weight is 330 g/mol. The minimum atomic E-state index is -0.0882. The van der Waals surface area contributed by atoms with E-state index in [0.29, 0.717) is 6.54 Å². The third-order valence-corrected chi connectivity index (χ3v) is 3.57. The molecule has 2 N–H and O–H groups in total. The molecule has 0 saturated carbocycles. The summed E-state index contributed by atoms with van der Waals surface area (Å²) in [5.41, 5.74) is 0.762. The number of carbonyl (C=O) groups excluding carboxylic acids is 1. The van der Waals surface area contributed by atoms with E-state index < -0.39 is 0 Å². The third kappa shape index (κ3) is 6.87. The Hall–Kier alpha value is -2.27. The van der Waals surface area contributed by atoms with Crippen LogP contribution in [0.4, 0.5) is 5.69 Å². The Balaban J connectivity index is 1.64. The van der Waals surface area contributed by atoms with Gasteiger partial charge < -0.3 is 19.8 Å². The molecule has 0 bridgehead atoms. The van der Waals surface area contributed by atoms with Gasteiger partial charge in [-0.15, -0.1) is 0 Å². The Morgan fingerprint density at radius 1 is 1.12 bits per heavy atom. The first-order chi connectivity index (χ1) is 11.8. The fourth-order valence-corrected chi connectivity index (χ4v) is 2.27. The maximum absolute atomic E-state index is 11.9. The van der Waals surface area contributed by atoms with Crippen LogP contribution >= 0.6 is 0 Å². The van der Waals surface area contributed by atoms with E-state index in [4.69, 9.17) is 9.15 Å². The van der Waals surface area contributed by atoms with Crippen molar-refractivity contribution in [3.05, 3.63) is 48.4 Å². The lowest BCUT2D eigenvalue weighted by atomic mass is 10.2. The van der Waals surface area contributed by atoms with Crippen molar-refractivity contribution in [2.75, 3.05) is 18.5 Å². The first-order valence-electron chi connectivity index (χ1n) is 8.53. The number of hydrogen-bond acceptors (Lipinski definition) is 4. The van der Waals surface area contributed by atoms with Crippen LogP contribution in [0.5, 0.6) is 5.75 Å². The standard InChI is InChI=1S/C19H26N2O3/c1-2-3-4-5-12-23-17-10-8-16(9-11-17)21-19(22)15-20-14-18-7-6-13-24-18/h6-11,13,20H,2-5,12,14-15H2,1H3,(H,21,22). The van der Waals surface area contributed by atoms with Gasteiger partial charge in [-0.2, -0.15) is 0 Å². The van der Waals surface area contributed by atoms with Crippen molar-refractivity contribution in [2.24, 2.45) is 0 Å². The Morgan fingerprint density at radius 3 is 2.67 bits per heavy atom. The van der Waals surface area contributed by atoms with Gasteiger partial charge in [-0.3, -0.25) is 4.79 Å². The van der Waals surface area contributed by atoms with E-state index in [-0.39, 0.29) is 12.5 Å². The van der Waals surface area contributed by atoms with Crippen molar-refractivity contribution >= 4 is 11.6 Å². The number of ether oxygens (including phenoxy) is 1. The first-order valence-corrected chi connectivity index (χ1v) is 8.53. The van der Waals surface area contributed by atoms with Crippen molar-refractivity contribution in [1.29, 1.82) is 0 Å². The van der Waals surface area contributed by atoms with E-state index in [1.165, 1.54) is 19.3 Å². The number of rotatable bonds is 11. The summed E-state index contributed by atoms with van der Waals surface area (Å²) in [4.78, 5) is 11.9. The molecule has 0 aliphatic rings. The number of anilines is 1. The number of unbranched alkanes of at least 4 members (excludes halogenated alkanes) is 3. The van der Waals surface area contributed by atoms with Gasteiger partial charge in [0.15, 0.2) is 0 Å². The molecule has 0 aliphatic carbocycles. The van der Waals surface area contributed by atoms with Gasteiger partial charge in [0, 0.05) is 5.69 Å². The first kappa shape index (κ1) is 18.1. The molecule has 24 heavy (non-hydrogen) atoms. The summed E-state index contributed by atoms with van der Waals surface area (Å²) < 4.78 is 10.9. The van der Waals surface area contributed by atoms with Crippen molar-refractivity contribution < 1.29 is 13.9 Å². The fourth-order valence-electron chi connectivity index (χ4n) is 2.27. The van der Waals surface area contributed by atoms with Gasteiger partial charge in [-0.05, 0) is 42.8 Å². The summed E-state index contributed by atoms with van der Waals surface area (Å²) in [6.45, 7) is 3.70. The second kappa shape index (κ2) is 10.5. The van der Waals surface area contributed by atoms with Gasteiger partial charge >= 0.3 is 0 Å². The van der Waals surface area contributed by atoms with Crippen LogP contribution in [0.2, 0.25) is 0 Å². The van der Waals surface area contributed by atoms with E-state index in [1.807, 2.05) is 36.4 Å². The lowest BCUT2D eigenvalue weighted by Gasteiger charge is -2.08. The van der Waals surface area contributed by atoms with Gasteiger partial charge in [-0.1, -0.05) is 26.2 Å². The Bertz CT molecular complexity index is 579. The van der Waals surface area contributed by atoms with Crippen LogP contribution in [0, 0.1) is 0 Å². The molecule has 5 nitrogen and oxygen atoms in total. The van der Waals surface area contributed by atoms with Crippen LogP contribution in [0.25, 0.3) is 0 Å². The van der Waals surface area contributed by atoms with Gasteiger partial charge in [0.05, 0.1) is 26.0 Å². The third-order valence-electron chi connectivity index (χ3n) is 3.57. The average Bonchev–Trinajstić information content (AvgIpc) is 3.09. The summed E-state index contributed by atoms with van der Waals surface area (Å²) in [6.07, 6.45) is 6.38. The highest BCUT2D eigenvalue weighted by molar-refractivity contribution is 5.92. The lowest BCUT2D eigenvalue weighted by molar-refractivity contribution is -0.115. The molecule has 0 saturated heterocycles. The highest BCUT2D eigenvalue weighted by Gasteiger charge is 2.03. The number of benzene rings is 1. The largest absolute Gasteiger partial charge is 0.494 e. The quantitative estimate of drug-likeness (QED) is 0.612. The molecule has 1 heterocycles. The van der Waals surface area contributed by atoms with Crippen LogP contribution in [-0.2, 0) is 11.3 Å². The molecule has 0 unspecified atom stereocenters. The van der Waals surface area contributed by atoms with E-state index in [9.17, 15) is 4.79 Å².